The minimum Gasteiger partial charge on any atom is -0.480 e. The summed E-state index contributed by atoms with van der Waals surface area (Å²) in [5.41, 5.74) is 7.40. The van der Waals surface area contributed by atoms with Gasteiger partial charge in [0.1, 0.15) is 6.04 Å². The average Bonchev–Trinajstić information content (AvgIpc) is 2.21. The molecule has 4 nitrogen and oxygen atoms in total. The molecule has 0 aliphatic rings. The maximum absolute atomic E-state index is 10.5. The van der Waals surface area contributed by atoms with Crippen molar-refractivity contribution in [1.82, 2.24) is 0 Å². The molecule has 0 bridgehead atoms. The highest BCUT2D eigenvalue weighted by atomic mass is 35.5. The molecule has 0 aliphatic carbocycles. The zero-order valence-corrected chi connectivity index (χ0v) is 11.2. The van der Waals surface area contributed by atoms with Gasteiger partial charge in [-0.15, -0.1) is 24.8 Å². The molecule has 0 spiro atoms. The lowest BCUT2D eigenvalue weighted by Crippen LogP contribution is -2.32. The van der Waals surface area contributed by atoms with Crippen LogP contribution < -0.4 is 11.1 Å². The molecular formula is C11H18Cl2N2O2. The van der Waals surface area contributed by atoms with Crippen molar-refractivity contribution in [2.75, 3.05) is 11.9 Å². The first kappa shape index (κ1) is 18.4. The van der Waals surface area contributed by atoms with Gasteiger partial charge in [0.25, 0.3) is 0 Å². The number of carboxylic acids is 1. The van der Waals surface area contributed by atoms with Crippen LogP contribution in [0.3, 0.4) is 0 Å². The Morgan fingerprint density at radius 3 is 2.29 bits per heavy atom. The van der Waals surface area contributed by atoms with Crippen molar-refractivity contribution >= 4 is 36.5 Å². The van der Waals surface area contributed by atoms with Crippen LogP contribution in [0.15, 0.2) is 24.3 Å². The molecule has 0 fully saturated rings. The normalized spacial score (nSPS) is 10.7. The predicted octanol–water partition coefficient (Wildman–Crippen LogP) is 1.92. The molecule has 1 aromatic carbocycles. The quantitative estimate of drug-likeness (QED) is 0.770. The molecule has 4 N–H and O–H groups in total. The van der Waals surface area contributed by atoms with Gasteiger partial charge in [-0.05, 0) is 31.0 Å². The summed E-state index contributed by atoms with van der Waals surface area (Å²) >= 11 is 0. The summed E-state index contributed by atoms with van der Waals surface area (Å²) in [6, 6.07) is 6.80. The minimum atomic E-state index is -0.967. The molecule has 1 atom stereocenters. The molecule has 0 aromatic heterocycles. The van der Waals surface area contributed by atoms with Crippen LogP contribution in [-0.4, -0.2) is 23.7 Å². The molecule has 1 aromatic rings. The summed E-state index contributed by atoms with van der Waals surface area (Å²) in [5, 5.41) is 11.8. The van der Waals surface area contributed by atoms with Gasteiger partial charge in [0.2, 0.25) is 0 Å². The third kappa shape index (κ3) is 6.36. The smallest absolute Gasteiger partial charge is 0.320 e. The largest absolute Gasteiger partial charge is 0.480 e. The Kier molecular flexibility index (Phi) is 9.85. The number of aliphatic carboxylic acids is 1. The van der Waals surface area contributed by atoms with Crippen LogP contribution in [-0.2, 0) is 11.2 Å². The lowest BCUT2D eigenvalue weighted by molar-refractivity contribution is -0.138. The van der Waals surface area contributed by atoms with Gasteiger partial charge in [-0.3, -0.25) is 4.79 Å². The Balaban J connectivity index is 0. The van der Waals surface area contributed by atoms with Crippen LogP contribution >= 0.6 is 24.8 Å². The third-order valence-corrected chi connectivity index (χ3v) is 2.11. The van der Waals surface area contributed by atoms with Gasteiger partial charge in [-0.2, -0.15) is 0 Å². The first-order valence-corrected chi connectivity index (χ1v) is 4.94. The van der Waals surface area contributed by atoms with Gasteiger partial charge in [0, 0.05) is 12.2 Å². The van der Waals surface area contributed by atoms with Crippen molar-refractivity contribution in [3.8, 4) is 0 Å². The Labute approximate surface area is 113 Å². The summed E-state index contributed by atoms with van der Waals surface area (Å²) in [6.45, 7) is 2.89. The SMILES string of the molecule is CCNc1ccc(C[C@@H](N)C(=O)O)cc1.Cl.Cl. The van der Waals surface area contributed by atoms with Gasteiger partial charge < -0.3 is 16.2 Å². The molecule has 6 heteroatoms. The number of hydrogen-bond acceptors (Lipinski definition) is 3. The molecule has 0 heterocycles. The molecular weight excluding hydrogens is 263 g/mol. The van der Waals surface area contributed by atoms with Gasteiger partial charge in [0.15, 0.2) is 0 Å². The van der Waals surface area contributed by atoms with Gasteiger partial charge in [-0.25, -0.2) is 0 Å². The first-order chi connectivity index (χ1) is 7.13. The number of rotatable bonds is 5. The fourth-order valence-electron chi connectivity index (χ4n) is 1.30. The molecule has 0 saturated heterocycles. The Hall–Kier alpha value is -0.970. The molecule has 0 aliphatic heterocycles. The molecule has 0 amide bonds. The van der Waals surface area contributed by atoms with Crippen molar-refractivity contribution in [2.45, 2.75) is 19.4 Å². The number of benzene rings is 1. The van der Waals surface area contributed by atoms with Crippen LogP contribution in [0, 0.1) is 0 Å². The van der Waals surface area contributed by atoms with Crippen LogP contribution in [0.2, 0.25) is 0 Å². The van der Waals surface area contributed by atoms with Crippen LogP contribution in [0.5, 0.6) is 0 Å². The van der Waals surface area contributed by atoms with E-state index in [-0.39, 0.29) is 24.8 Å². The van der Waals surface area contributed by atoms with Gasteiger partial charge in [0.05, 0.1) is 0 Å². The molecule has 98 valence electrons. The minimum absolute atomic E-state index is 0. The summed E-state index contributed by atoms with van der Waals surface area (Å²) in [7, 11) is 0. The molecule has 0 radical (unpaired) electrons. The van der Waals surface area contributed by atoms with E-state index in [1.165, 1.54) is 0 Å². The number of carboxylic acid groups (broad SMARTS) is 1. The topological polar surface area (TPSA) is 75.3 Å². The van der Waals surface area contributed by atoms with E-state index in [2.05, 4.69) is 5.32 Å². The maximum Gasteiger partial charge on any atom is 0.320 e. The Morgan fingerprint density at radius 1 is 1.35 bits per heavy atom. The summed E-state index contributed by atoms with van der Waals surface area (Å²) in [6.07, 6.45) is 0.363. The second-order valence-corrected chi connectivity index (χ2v) is 3.38. The number of hydrogen-bond donors (Lipinski definition) is 3. The molecule has 17 heavy (non-hydrogen) atoms. The predicted molar refractivity (Wildman–Crippen MR) is 74.4 cm³/mol. The lowest BCUT2D eigenvalue weighted by atomic mass is 10.1. The number of anilines is 1. The summed E-state index contributed by atoms with van der Waals surface area (Å²) in [4.78, 5) is 10.5. The number of halogens is 2. The number of nitrogens with two attached hydrogens (primary N) is 1. The summed E-state index contributed by atoms with van der Waals surface area (Å²) in [5.74, 6) is -0.967. The van der Waals surface area contributed by atoms with Gasteiger partial charge in [-0.1, -0.05) is 12.1 Å². The Bertz CT molecular complexity index is 331. The highest BCUT2D eigenvalue weighted by Gasteiger charge is 2.11. The average molecular weight is 281 g/mol. The standard InChI is InChI=1S/C11H16N2O2.2ClH/c1-2-13-9-5-3-8(4-6-9)7-10(12)11(14)15;;/h3-6,10,13H,2,7,12H2,1H3,(H,14,15);2*1H/t10-;;/m1../s1. The second-order valence-electron chi connectivity index (χ2n) is 3.38. The van der Waals surface area contributed by atoms with Crippen molar-refractivity contribution < 1.29 is 9.90 Å². The van der Waals surface area contributed by atoms with Gasteiger partial charge >= 0.3 is 5.97 Å². The fourth-order valence-corrected chi connectivity index (χ4v) is 1.30. The second kappa shape index (κ2) is 9.10. The molecule has 0 unspecified atom stereocenters. The highest BCUT2D eigenvalue weighted by molar-refractivity contribution is 5.85. The Morgan fingerprint density at radius 2 is 1.88 bits per heavy atom. The zero-order valence-electron chi connectivity index (χ0n) is 9.55. The zero-order chi connectivity index (χ0) is 11.3. The number of nitrogens with one attached hydrogen (secondary N) is 1. The monoisotopic (exact) mass is 280 g/mol. The lowest BCUT2D eigenvalue weighted by Gasteiger charge is -2.07. The van der Waals surface area contributed by atoms with Crippen LogP contribution in [0.1, 0.15) is 12.5 Å². The van der Waals surface area contributed by atoms with Crippen LogP contribution in [0.4, 0.5) is 5.69 Å². The van der Waals surface area contributed by atoms with E-state index < -0.39 is 12.0 Å². The van der Waals surface area contributed by atoms with E-state index in [1.54, 1.807) is 0 Å². The van der Waals surface area contributed by atoms with Crippen molar-refractivity contribution in [2.24, 2.45) is 5.73 Å². The van der Waals surface area contributed by atoms with E-state index in [9.17, 15) is 4.79 Å². The maximum atomic E-state index is 10.5. The van der Waals surface area contributed by atoms with E-state index in [0.717, 1.165) is 17.8 Å². The van der Waals surface area contributed by atoms with Crippen molar-refractivity contribution in [3.05, 3.63) is 29.8 Å². The van der Waals surface area contributed by atoms with Crippen molar-refractivity contribution in [3.63, 3.8) is 0 Å². The number of carbonyl (C=O) groups is 1. The van der Waals surface area contributed by atoms with E-state index >= 15 is 0 Å². The van der Waals surface area contributed by atoms with Crippen molar-refractivity contribution in [1.29, 1.82) is 0 Å². The summed E-state index contributed by atoms with van der Waals surface area (Å²) < 4.78 is 0. The van der Waals surface area contributed by atoms with E-state index in [1.807, 2.05) is 31.2 Å². The van der Waals surface area contributed by atoms with E-state index in [0.29, 0.717) is 6.42 Å². The fraction of sp³-hybridized carbons (Fsp3) is 0.364. The highest BCUT2D eigenvalue weighted by Crippen LogP contribution is 2.10. The van der Waals surface area contributed by atoms with Crippen LogP contribution in [0.25, 0.3) is 0 Å². The molecule has 0 saturated carbocycles. The van der Waals surface area contributed by atoms with E-state index in [4.69, 9.17) is 10.8 Å². The molecule has 1 rings (SSSR count). The third-order valence-electron chi connectivity index (χ3n) is 2.11. The first-order valence-electron chi connectivity index (χ1n) is 4.94.